The molecule has 0 aliphatic carbocycles. The zero-order valence-electron chi connectivity index (χ0n) is 29.8. The van der Waals surface area contributed by atoms with E-state index in [1.165, 1.54) is 4.90 Å². The van der Waals surface area contributed by atoms with E-state index in [2.05, 4.69) is 0 Å². The maximum Gasteiger partial charge on any atom is 0.261 e. The molecule has 2 amide bonds. The molecule has 1 heterocycles. The topological polar surface area (TPSA) is 165 Å². The van der Waals surface area contributed by atoms with Crippen LogP contribution in [0.2, 0.25) is 0 Å². The fourth-order valence-electron chi connectivity index (χ4n) is 4.25. The molecule has 2 rings (SSSR count). The van der Waals surface area contributed by atoms with E-state index in [-0.39, 0.29) is 25.0 Å². The van der Waals surface area contributed by atoms with E-state index < -0.39 is 0 Å². The normalized spacial score (nSPS) is 12.7. The van der Waals surface area contributed by atoms with Crippen molar-refractivity contribution in [2.75, 3.05) is 165 Å². The molecule has 1 aliphatic rings. The van der Waals surface area contributed by atoms with Gasteiger partial charge < -0.3 is 61.6 Å². The average Bonchev–Trinajstić information content (AvgIpc) is 3.39. The van der Waals surface area contributed by atoms with E-state index in [1.807, 2.05) is 0 Å². The molecular formula is C35H57NO15. The Bertz CT molecular complexity index is 967. The van der Waals surface area contributed by atoms with Gasteiger partial charge in [-0.25, -0.2) is 0 Å². The second-order valence-electron chi connectivity index (χ2n) is 10.6. The van der Waals surface area contributed by atoms with Crippen LogP contribution in [0.4, 0.5) is 0 Å². The Balaban J connectivity index is 1.16. The molecule has 16 nitrogen and oxygen atoms in total. The van der Waals surface area contributed by atoms with Crippen molar-refractivity contribution in [3.8, 4) is 0 Å². The first-order valence-corrected chi connectivity index (χ1v) is 17.6. The summed E-state index contributed by atoms with van der Waals surface area (Å²) in [6, 6.07) is 6.81. The lowest BCUT2D eigenvalue weighted by molar-refractivity contribution is -0.109. The van der Waals surface area contributed by atoms with Gasteiger partial charge in [0, 0.05) is 6.42 Å². The van der Waals surface area contributed by atoms with Crippen molar-refractivity contribution in [2.45, 2.75) is 6.42 Å². The molecule has 0 radical (unpaired) electrons. The van der Waals surface area contributed by atoms with Crippen LogP contribution < -0.4 is 0 Å². The van der Waals surface area contributed by atoms with Gasteiger partial charge in [0.1, 0.15) is 6.29 Å². The molecule has 0 atom stereocenters. The summed E-state index contributed by atoms with van der Waals surface area (Å²) in [5, 5.41) is 0. The summed E-state index contributed by atoms with van der Waals surface area (Å²) in [7, 11) is 0. The van der Waals surface area contributed by atoms with Crippen LogP contribution >= 0.6 is 0 Å². The number of rotatable bonds is 39. The largest absolute Gasteiger partial charge is 0.379 e. The van der Waals surface area contributed by atoms with Crippen molar-refractivity contribution in [3.63, 3.8) is 0 Å². The van der Waals surface area contributed by atoms with Crippen molar-refractivity contribution in [3.05, 3.63) is 35.4 Å². The molecule has 1 aromatic rings. The molecule has 0 fully saturated rings. The second kappa shape index (κ2) is 33.4. The van der Waals surface area contributed by atoms with Crippen LogP contribution in [-0.2, 0) is 61.6 Å². The summed E-state index contributed by atoms with van der Waals surface area (Å²) >= 11 is 0. The number of imide groups is 1. The van der Waals surface area contributed by atoms with Crippen LogP contribution in [0.3, 0.4) is 0 Å². The zero-order valence-corrected chi connectivity index (χ0v) is 29.8. The molecule has 0 aromatic heterocycles. The third-order valence-electron chi connectivity index (χ3n) is 6.81. The quantitative estimate of drug-likeness (QED) is 0.0536. The van der Waals surface area contributed by atoms with Crippen molar-refractivity contribution in [2.24, 2.45) is 0 Å². The van der Waals surface area contributed by atoms with Crippen LogP contribution in [0.15, 0.2) is 24.3 Å². The third-order valence-corrected chi connectivity index (χ3v) is 6.81. The zero-order chi connectivity index (χ0) is 36.3. The van der Waals surface area contributed by atoms with E-state index >= 15 is 0 Å². The Morgan fingerprint density at radius 1 is 0.373 bits per heavy atom. The minimum atomic E-state index is -0.281. The molecule has 0 saturated heterocycles. The van der Waals surface area contributed by atoms with E-state index in [0.717, 1.165) is 6.29 Å². The molecule has 51 heavy (non-hydrogen) atoms. The highest BCUT2D eigenvalue weighted by Crippen LogP contribution is 2.21. The first-order chi connectivity index (χ1) is 25.3. The fraction of sp³-hybridized carbons (Fsp3) is 0.743. The van der Waals surface area contributed by atoms with Crippen molar-refractivity contribution in [1.29, 1.82) is 0 Å². The van der Waals surface area contributed by atoms with Gasteiger partial charge in [0.15, 0.2) is 0 Å². The van der Waals surface area contributed by atoms with Gasteiger partial charge in [0.2, 0.25) is 0 Å². The molecule has 0 saturated carbocycles. The average molecular weight is 732 g/mol. The summed E-state index contributed by atoms with van der Waals surface area (Å²) in [6.07, 6.45) is 1.24. The molecular weight excluding hydrogens is 674 g/mol. The minimum Gasteiger partial charge on any atom is -0.379 e. The van der Waals surface area contributed by atoms with E-state index in [0.29, 0.717) is 170 Å². The maximum atomic E-state index is 12.3. The van der Waals surface area contributed by atoms with Crippen molar-refractivity contribution >= 4 is 18.1 Å². The summed E-state index contributed by atoms with van der Waals surface area (Å²) < 4.78 is 65.2. The van der Waals surface area contributed by atoms with Crippen LogP contribution in [0, 0.1) is 0 Å². The lowest BCUT2D eigenvalue weighted by Gasteiger charge is -2.13. The standard InChI is InChI=1S/C35H57NO15/c37-7-3-8-40-10-12-42-14-16-44-18-20-46-22-24-48-26-28-50-30-31-51-29-27-49-25-23-47-21-19-45-17-15-43-13-11-41-9-6-36-34(38)32-4-1-2-5-33(32)35(36)39/h1-2,4-5,7H,3,6,8-31H2. The lowest BCUT2D eigenvalue weighted by Crippen LogP contribution is -2.33. The highest BCUT2D eigenvalue weighted by molar-refractivity contribution is 6.21. The molecule has 16 heteroatoms. The molecule has 0 bridgehead atoms. The molecule has 0 unspecified atom stereocenters. The minimum absolute atomic E-state index is 0.210. The monoisotopic (exact) mass is 731 g/mol. The highest BCUT2D eigenvalue weighted by Gasteiger charge is 2.34. The van der Waals surface area contributed by atoms with Crippen LogP contribution in [0.1, 0.15) is 27.1 Å². The van der Waals surface area contributed by atoms with E-state index in [4.69, 9.17) is 56.8 Å². The van der Waals surface area contributed by atoms with Crippen LogP contribution in [0.25, 0.3) is 0 Å². The summed E-state index contributed by atoms with van der Waals surface area (Å²) in [4.78, 5) is 36.0. The Hall–Kier alpha value is -2.45. The molecule has 292 valence electrons. The first-order valence-electron chi connectivity index (χ1n) is 17.6. The summed E-state index contributed by atoms with van der Waals surface area (Å²) in [5.41, 5.74) is 0.878. The molecule has 1 aliphatic heterocycles. The predicted octanol–water partition coefficient (Wildman–Crippen LogP) is 1.07. The van der Waals surface area contributed by atoms with Crippen LogP contribution in [0.5, 0.6) is 0 Å². The van der Waals surface area contributed by atoms with E-state index in [1.54, 1.807) is 24.3 Å². The first kappa shape index (κ1) is 44.7. The molecule has 1 aromatic carbocycles. The van der Waals surface area contributed by atoms with Crippen molar-refractivity contribution < 1.29 is 71.2 Å². The number of carbonyl (C=O) groups is 3. The number of nitrogens with zero attached hydrogens (tertiary/aromatic N) is 1. The predicted molar refractivity (Wildman–Crippen MR) is 182 cm³/mol. The van der Waals surface area contributed by atoms with Gasteiger partial charge in [0.25, 0.3) is 11.8 Å². The van der Waals surface area contributed by atoms with Gasteiger partial charge in [-0.3, -0.25) is 14.5 Å². The highest BCUT2D eigenvalue weighted by atomic mass is 16.6. The smallest absolute Gasteiger partial charge is 0.261 e. The third kappa shape index (κ3) is 23.7. The Morgan fingerprint density at radius 2 is 0.608 bits per heavy atom. The van der Waals surface area contributed by atoms with Gasteiger partial charge in [-0.05, 0) is 12.1 Å². The SMILES string of the molecule is O=CCCOCCOCCOCCOCCOCCOCCOCCOCCOCCOCCOCCOCCN1C(=O)c2ccccc2C1=O. The number of aldehydes is 1. The second-order valence-corrected chi connectivity index (χ2v) is 10.6. The van der Waals surface area contributed by atoms with Crippen LogP contribution in [-0.4, -0.2) is 188 Å². The van der Waals surface area contributed by atoms with Gasteiger partial charge >= 0.3 is 0 Å². The number of ether oxygens (including phenoxy) is 12. The molecule has 0 N–H and O–H groups in total. The Kier molecular flexibility index (Phi) is 29.3. The summed E-state index contributed by atoms with van der Waals surface area (Å²) in [5.74, 6) is -0.562. The number of carbonyl (C=O) groups excluding carboxylic acids is 3. The van der Waals surface area contributed by atoms with E-state index in [9.17, 15) is 14.4 Å². The number of amides is 2. The van der Waals surface area contributed by atoms with Gasteiger partial charge in [-0.15, -0.1) is 0 Å². The molecule has 0 spiro atoms. The van der Waals surface area contributed by atoms with Gasteiger partial charge in [0.05, 0.1) is 176 Å². The number of hydrogen-bond acceptors (Lipinski definition) is 15. The fourth-order valence-corrected chi connectivity index (χ4v) is 4.25. The lowest BCUT2D eigenvalue weighted by atomic mass is 10.1. The number of fused-ring (bicyclic) bond motifs is 1. The summed E-state index contributed by atoms with van der Waals surface area (Å²) in [6.45, 7) is 11.2. The van der Waals surface area contributed by atoms with Crippen molar-refractivity contribution in [1.82, 2.24) is 4.90 Å². The Morgan fingerprint density at radius 3 is 0.863 bits per heavy atom. The number of benzene rings is 1. The number of hydrogen-bond donors (Lipinski definition) is 0. The van der Waals surface area contributed by atoms with Gasteiger partial charge in [-0.2, -0.15) is 0 Å². The Labute approximate surface area is 301 Å². The van der Waals surface area contributed by atoms with Gasteiger partial charge in [-0.1, -0.05) is 12.1 Å². The maximum absolute atomic E-state index is 12.3.